The standard InChI is InChI=1S/C13H22N8/c1-13(2,9-20(3)4)8-15-11-17-10(14)18-12(19-11)21-7-5-6-16-21/h5-7H,8-9H2,1-4H3,(H3,14,15,17,18,19). The van der Waals surface area contributed by atoms with E-state index in [0.717, 1.165) is 13.1 Å². The van der Waals surface area contributed by atoms with Crippen LogP contribution in [-0.2, 0) is 0 Å². The summed E-state index contributed by atoms with van der Waals surface area (Å²) in [5, 5.41) is 7.31. The normalized spacial score (nSPS) is 11.9. The number of hydrogen-bond donors (Lipinski definition) is 2. The molecule has 8 heteroatoms. The summed E-state index contributed by atoms with van der Waals surface area (Å²) in [6, 6.07) is 1.80. The molecule has 2 heterocycles. The molecule has 3 N–H and O–H groups in total. The fraction of sp³-hybridized carbons (Fsp3) is 0.538. The Morgan fingerprint density at radius 2 is 2.05 bits per heavy atom. The molecule has 2 aromatic heterocycles. The van der Waals surface area contributed by atoms with E-state index < -0.39 is 0 Å². The Morgan fingerprint density at radius 3 is 2.67 bits per heavy atom. The number of anilines is 2. The van der Waals surface area contributed by atoms with Gasteiger partial charge in [0.15, 0.2) is 0 Å². The largest absolute Gasteiger partial charge is 0.368 e. The molecule has 0 amide bonds. The number of nitrogens with two attached hydrogens (primary N) is 1. The van der Waals surface area contributed by atoms with Gasteiger partial charge in [-0.3, -0.25) is 0 Å². The Kier molecular flexibility index (Phi) is 4.37. The molecular formula is C13H22N8. The monoisotopic (exact) mass is 290 g/mol. The van der Waals surface area contributed by atoms with Gasteiger partial charge in [0.05, 0.1) is 0 Å². The lowest BCUT2D eigenvalue weighted by Crippen LogP contribution is -2.34. The zero-order chi connectivity index (χ0) is 15.5. The highest BCUT2D eigenvalue weighted by molar-refractivity contribution is 5.34. The van der Waals surface area contributed by atoms with Crippen LogP contribution in [0.2, 0.25) is 0 Å². The van der Waals surface area contributed by atoms with E-state index in [1.54, 1.807) is 23.1 Å². The van der Waals surface area contributed by atoms with Crippen molar-refractivity contribution in [3.8, 4) is 5.95 Å². The fourth-order valence-corrected chi connectivity index (χ4v) is 2.18. The summed E-state index contributed by atoms with van der Waals surface area (Å²) in [6.07, 6.45) is 3.42. The van der Waals surface area contributed by atoms with Gasteiger partial charge >= 0.3 is 0 Å². The summed E-state index contributed by atoms with van der Waals surface area (Å²) in [6.45, 7) is 6.04. The maximum atomic E-state index is 5.73. The topological polar surface area (TPSA) is 97.8 Å². The average molecular weight is 290 g/mol. The van der Waals surface area contributed by atoms with Gasteiger partial charge in [-0.25, -0.2) is 4.68 Å². The highest BCUT2D eigenvalue weighted by Gasteiger charge is 2.19. The second-order valence-corrected chi connectivity index (χ2v) is 6.02. The van der Waals surface area contributed by atoms with Crippen LogP contribution in [0.25, 0.3) is 5.95 Å². The number of nitrogens with zero attached hydrogens (tertiary/aromatic N) is 6. The van der Waals surface area contributed by atoms with Crippen LogP contribution in [0.5, 0.6) is 0 Å². The predicted molar refractivity (Wildman–Crippen MR) is 82.2 cm³/mol. The Hall–Kier alpha value is -2.22. The summed E-state index contributed by atoms with van der Waals surface area (Å²) in [4.78, 5) is 14.7. The zero-order valence-corrected chi connectivity index (χ0v) is 12.9. The van der Waals surface area contributed by atoms with Crippen molar-refractivity contribution in [3.63, 3.8) is 0 Å². The van der Waals surface area contributed by atoms with Gasteiger partial charge in [0.2, 0.25) is 11.9 Å². The van der Waals surface area contributed by atoms with Crippen LogP contribution in [0.4, 0.5) is 11.9 Å². The Morgan fingerprint density at radius 1 is 1.29 bits per heavy atom. The number of nitrogens with one attached hydrogen (secondary N) is 1. The van der Waals surface area contributed by atoms with Crippen LogP contribution in [0.15, 0.2) is 18.5 Å². The van der Waals surface area contributed by atoms with Crippen LogP contribution in [0.3, 0.4) is 0 Å². The molecule has 2 aromatic rings. The molecule has 0 aromatic carbocycles. The molecule has 114 valence electrons. The van der Waals surface area contributed by atoms with E-state index in [2.05, 4.69) is 58.2 Å². The highest BCUT2D eigenvalue weighted by atomic mass is 15.4. The smallest absolute Gasteiger partial charge is 0.257 e. The molecule has 0 saturated carbocycles. The van der Waals surface area contributed by atoms with Crippen molar-refractivity contribution in [2.45, 2.75) is 13.8 Å². The van der Waals surface area contributed by atoms with E-state index >= 15 is 0 Å². The molecule has 0 bridgehead atoms. The van der Waals surface area contributed by atoms with Crippen molar-refractivity contribution in [1.82, 2.24) is 29.6 Å². The number of rotatable bonds is 6. The first-order chi connectivity index (χ1) is 9.85. The third-order valence-electron chi connectivity index (χ3n) is 2.82. The highest BCUT2D eigenvalue weighted by Crippen LogP contribution is 2.16. The second kappa shape index (κ2) is 6.04. The van der Waals surface area contributed by atoms with Crippen molar-refractivity contribution >= 4 is 11.9 Å². The molecule has 0 atom stereocenters. The predicted octanol–water partition coefficient (Wildman–Crippen LogP) is 0.639. The van der Waals surface area contributed by atoms with E-state index in [4.69, 9.17) is 5.73 Å². The van der Waals surface area contributed by atoms with E-state index in [-0.39, 0.29) is 11.4 Å². The first-order valence-electron chi connectivity index (χ1n) is 6.76. The van der Waals surface area contributed by atoms with Crippen molar-refractivity contribution < 1.29 is 0 Å². The van der Waals surface area contributed by atoms with Crippen LogP contribution < -0.4 is 11.1 Å². The Balaban J connectivity index is 2.10. The van der Waals surface area contributed by atoms with Gasteiger partial charge in [-0.1, -0.05) is 13.8 Å². The van der Waals surface area contributed by atoms with Crippen molar-refractivity contribution in [1.29, 1.82) is 0 Å². The molecule has 0 unspecified atom stereocenters. The number of nitrogen functional groups attached to an aromatic ring is 1. The summed E-state index contributed by atoms with van der Waals surface area (Å²) in [5.74, 6) is 1.03. The van der Waals surface area contributed by atoms with Gasteiger partial charge in [0.25, 0.3) is 5.95 Å². The summed E-state index contributed by atoms with van der Waals surface area (Å²) < 4.78 is 1.55. The van der Waals surface area contributed by atoms with Gasteiger partial charge in [-0.2, -0.15) is 20.1 Å². The van der Waals surface area contributed by atoms with E-state index in [1.165, 1.54) is 0 Å². The maximum Gasteiger partial charge on any atom is 0.257 e. The number of hydrogen-bond acceptors (Lipinski definition) is 7. The third kappa shape index (κ3) is 4.38. The lowest BCUT2D eigenvalue weighted by Gasteiger charge is -2.28. The van der Waals surface area contributed by atoms with E-state index in [1.807, 2.05) is 0 Å². The Labute approximate surface area is 124 Å². The Bertz CT molecular complexity index is 576. The molecule has 0 aliphatic carbocycles. The van der Waals surface area contributed by atoms with Gasteiger partial charge in [0.1, 0.15) is 0 Å². The number of aromatic nitrogens is 5. The zero-order valence-electron chi connectivity index (χ0n) is 12.9. The minimum Gasteiger partial charge on any atom is -0.368 e. The molecule has 0 radical (unpaired) electrons. The maximum absolute atomic E-state index is 5.73. The SMILES string of the molecule is CN(C)CC(C)(C)CNc1nc(N)nc(-n2cccn2)n1. The van der Waals surface area contributed by atoms with Gasteiger partial charge in [-0.15, -0.1) is 0 Å². The quantitative estimate of drug-likeness (QED) is 0.805. The third-order valence-corrected chi connectivity index (χ3v) is 2.82. The van der Waals surface area contributed by atoms with Crippen LogP contribution in [0.1, 0.15) is 13.8 Å². The first kappa shape index (κ1) is 15.2. The van der Waals surface area contributed by atoms with E-state index in [9.17, 15) is 0 Å². The van der Waals surface area contributed by atoms with Crippen molar-refractivity contribution in [2.75, 3.05) is 38.2 Å². The minimum atomic E-state index is 0.0801. The average Bonchev–Trinajstić information content (AvgIpc) is 2.88. The molecule has 2 rings (SSSR count). The van der Waals surface area contributed by atoms with Crippen LogP contribution in [-0.4, -0.2) is 56.8 Å². The van der Waals surface area contributed by atoms with Crippen molar-refractivity contribution in [3.05, 3.63) is 18.5 Å². The first-order valence-corrected chi connectivity index (χ1v) is 6.76. The second-order valence-electron chi connectivity index (χ2n) is 6.02. The molecule has 0 aliphatic heterocycles. The van der Waals surface area contributed by atoms with Crippen molar-refractivity contribution in [2.24, 2.45) is 5.41 Å². The summed E-state index contributed by atoms with van der Waals surface area (Å²) in [7, 11) is 4.11. The molecule has 0 aliphatic rings. The van der Waals surface area contributed by atoms with E-state index in [0.29, 0.717) is 11.9 Å². The molecule has 0 spiro atoms. The lowest BCUT2D eigenvalue weighted by atomic mass is 9.93. The summed E-state index contributed by atoms with van der Waals surface area (Å²) in [5.41, 5.74) is 5.81. The summed E-state index contributed by atoms with van der Waals surface area (Å²) >= 11 is 0. The lowest BCUT2D eigenvalue weighted by molar-refractivity contribution is 0.254. The van der Waals surface area contributed by atoms with Gasteiger partial charge in [0, 0.05) is 25.5 Å². The minimum absolute atomic E-state index is 0.0801. The van der Waals surface area contributed by atoms with Crippen LogP contribution >= 0.6 is 0 Å². The molecule has 0 saturated heterocycles. The fourth-order valence-electron chi connectivity index (χ4n) is 2.18. The van der Waals surface area contributed by atoms with Gasteiger partial charge in [-0.05, 0) is 25.6 Å². The molecule has 0 fully saturated rings. The van der Waals surface area contributed by atoms with Crippen LogP contribution in [0, 0.1) is 5.41 Å². The molecule has 21 heavy (non-hydrogen) atoms. The van der Waals surface area contributed by atoms with Gasteiger partial charge < -0.3 is 16.0 Å². The molecule has 8 nitrogen and oxygen atoms in total. The molecular weight excluding hydrogens is 268 g/mol.